The topological polar surface area (TPSA) is 79.5 Å². The van der Waals surface area contributed by atoms with Crippen molar-refractivity contribution >= 4 is 5.91 Å². The molecule has 1 aliphatic rings. The molecule has 0 unspecified atom stereocenters. The largest absolute Gasteiger partial charge is 0.502 e. The molecule has 1 heterocycles. The summed E-state index contributed by atoms with van der Waals surface area (Å²) in [6.45, 7) is 4.24. The van der Waals surface area contributed by atoms with Gasteiger partial charge in [0.25, 0.3) is 0 Å². The van der Waals surface area contributed by atoms with Gasteiger partial charge < -0.3 is 14.8 Å². The summed E-state index contributed by atoms with van der Waals surface area (Å²) >= 11 is 0. The number of aromatic hydroxyl groups is 1. The maximum atomic E-state index is 12.0. The third-order valence-corrected chi connectivity index (χ3v) is 3.64. The molecule has 1 aromatic heterocycles. The molecule has 0 aromatic carbocycles. The van der Waals surface area contributed by atoms with Gasteiger partial charge in [-0.2, -0.15) is 0 Å². The highest BCUT2D eigenvalue weighted by molar-refractivity contribution is 5.85. The normalized spacial score (nSPS) is 16.6. The van der Waals surface area contributed by atoms with Crippen LogP contribution in [0.1, 0.15) is 32.4 Å². The van der Waals surface area contributed by atoms with E-state index in [9.17, 15) is 9.59 Å². The highest BCUT2D eigenvalue weighted by atomic mass is 16.4. The molecular formula is C13H17NO4. The minimum atomic E-state index is -0.504. The fourth-order valence-corrected chi connectivity index (χ4v) is 2.08. The van der Waals surface area contributed by atoms with Crippen molar-refractivity contribution in [2.45, 2.75) is 33.2 Å². The molecule has 18 heavy (non-hydrogen) atoms. The Bertz CT molecular complexity index is 514. The van der Waals surface area contributed by atoms with Gasteiger partial charge in [0.15, 0.2) is 5.75 Å². The first-order valence-electron chi connectivity index (χ1n) is 6.05. The minimum absolute atomic E-state index is 0.00761. The van der Waals surface area contributed by atoms with Crippen LogP contribution in [0.5, 0.6) is 5.75 Å². The van der Waals surface area contributed by atoms with E-state index in [1.54, 1.807) is 0 Å². The molecule has 5 heteroatoms. The number of carbonyl (C=O) groups is 1. The molecule has 1 amide bonds. The summed E-state index contributed by atoms with van der Waals surface area (Å²) in [7, 11) is 0. The summed E-state index contributed by atoms with van der Waals surface area (Å²) in [4.78, 5) is 23.2. The van der Waals surface area contributed by atoms with Crippen molar-refractivity contribution < 1.29 is 14.3 Å². The SMILES string of the molecule is CC(C)C1(C(=O)NCc2cc(=O)c(O)co2)CC1. The first-order chi connectivity index (χ1) is 8.45. The Morgan fingerprint density at radius 1 is 1.56 bits per heavy atom. The third-order valence-electron chi connectivity index (χ3n) is 3.64. The molecule has 0 radical (unpaired) electrons. The second kappa shape index (κ2) is 4.48. The van der Waals surface area contributed by atoms with Crippen LogP contribution >= 0.6 is 0 Å². The van der Waals surface area contributed by atoms with Gasteiger partial charge in [0, 0.05) is 6.07 Å². The van der Waals surface area contributed by atoms with Crippen LogP contribution in [0.2, 0.25) is 0 Å². The highest BCUT2D eigenvalue weighted by Crippen LogP contribution is 2.51. The molecule has 0 aliphatic heterocycles. The molecule has 0 saturated heterocycles. The molecule has 5 nitrogen and oxygen atoms in total. The Kier molecular flexibility index (Phi) is 3.15. The van der Waals surface area contributed by atoms with E-state index in [1.165, 1.54) is 6.07 Å². The van der Waals surface area contributed by atoms with Crippen LogP contribution in [0, 0.1) is 11.3 Å². The fourth-order valence-electron chi connectivity index (χ4n) is 2.08. The Morgan fingerprint density at radius 2 is 2.22 bits per heavy atom. The maximum Gasteiger partial charge on any atom is 0.226 e. The number of hydrogen-bond acceptors (Lipinski definition) is 4. The van der Waals surface area contributed by atoms with Gasteiger partial charge in [0.05, 0.1) is 12.0 Å². The lowest BCUT2D eigenvalue weighted by atomic mass is 9.91. The summed E-state index contributed by atoms with van der Waals surface area (Å²) in [6.07, 6.45) is 2.81. The van der Waals surface area contributed by atoms with Crippen molar-refractivity contribution in [2.24, 2.45) is 11.3 Å². The second-order valence-electron chi connectivity index (χ2n) is 5.09. The first-order valence-corrected chi connectivity index (χ1v) is 6.05. The summed E-state index contributed by atoms with van der Waals surface area (Å²) in [5, 5.41) is 11.8. The van der Waals surface area contributed by atoms with Gasteiger partial charge in [-0.15, -0.1) is 0 Å². The second-order valence-corrected chi connectivity index (χ2v) is 5.09. The highest BCUT2D eigenvalue weighted by Gasteiger charge is 2.51. The molecule has 1 aromatic rings. The minimum Gasteiger partial charge on any atom is -0.502 e. The smallest absolute Gasteiger partial charge is 0.226 e. The summed E-state index contributed by atoms with van der Waals surface area (Å²) < 4.78 is 5.02. The molecule has 98 valence electrons. The molecule has 2 rings (SSSR count). The average molecular weight is 251 g/mol. The standard InChI is InChI=1S/C13H17NO4/c1-8(2)13(3-4-13)12(17)14-6-9-5-10(15)11(16)7-18-9/h5,7-8,16H,3-4,6H2,1-2H3,(H,14,17). The van der Waals surface area contributed by atoms with Crippen molar-refractivity contribution in [2.75, 3.05) is 0 Å². The molecule has 1 saturated carbocycles. The van der Waals surface area contributed by atoms with Crippen LogP contribution in [0.15, 0.2) is 21.5 Å². The summed E-state index contributed by atoms with van der Waals surface area (Å²) in [6, 6.07) is 1.19. The van der Waals surface area contributed by atoms with E-state index >= 15 is 0 Å². The predicted octanol–water partition coefficient (Wildman–Crippen LogP) is 1.40. The zero-order valence-corrected chi connectivity index (χ0v) is 10.5. The Morgan fingerprint density at radius 3 is 2.72 bits per heavy atom. The van der Waals surface area contributed by atoms with Gasteiger partial charge in [0.2, 0.25) is 11.3 Å². The van der Waals surface area contributed by atoms with Gasteiger partial charge in [-0.05, 0) is 18.8 Å². The molecule has 2 N–H and O–H groups in total. The van der Waals surface area contributed by atoms with Crippen molar-refractivity contribution in [1.82, 2.24) is 5.32 Å². The molecular weight excluding hydrogens is 234 g/mol. The molecule has 0 atom stereocenters. The maximum absolute atomic E-state index is 12.0. The lowest BCUT2D eigenvalue weighted by Gasteiger charge is -2.18. The van der Waals surface area contributed by atoms with E-state index in [4.69, 9.17) is 9.52 Å². The van der Waals surface area contributed by atoms with E-state index in [2.05, 4.69) is 5.32 Å². The van der Waals surface area contributed by atoms with E-state index < -0.39 is 11.2 Å². The molecule has 0 spiro atoms. The van der Waals surface area contributed by atoms with Crippen molar-refractivity contribution in [1.29, 1.82) is 0 Å². The number of hydrogen-bond donors (Lipinski definition) is 2. The van der Waals surface area contributed by atoms with E-state index in [1.807, 2.05) is 13.8 Å². The quantitative estimate of drug-likeness (QED) is 0.847. The Hall–Kier alpha value is -1.78. The van der Waals surface area contributed by atoms with E-state index in [0.717, 1.165) is 19.1 Å². The fraction of sp³-hybridized carbons (Fsp3) is 0.538. The van der Waals surface area contributed by atoms with Crippen LogP contribution in [0.4, 0.5) is 0 Å². The number of rotatable bonds is 4. The zero-order valence-electron chi connectivity index (χ0n) is 10.5. The van der Waals surface area contributed by atoms with Crippen LogP contribution in [-0.2, 0) is 11.3 Å². The lowest BCUT2D eigenvalue weighted by Crippen LogP contribution is -2.34. The predicted molar refractivity (Wildman–Crippen MR) is 65.0 cm³/mol. The van der Waals surface area contributed by atoms with E-state index in [0.29, 0.717) is 11.7 Å². The molecule has 0 bridgehead atoms. The van der Waals surface area contributed by atoms with Gasteiger partial charge in [-0.3, -0.25) is 9.59 Å². The van der Waals surface area contributed by atoms with Crippen LogP contribution in [0.3, 0.4) is 0 Å². The summed E-state index contributed by atoms with van der Waals surface area (Å²) in [5.41, 5.74) is -0.743. The van der Waals surface area contributed by atoms with Gasteiger partial charge >= 0.3 is 0 Å². The van der Waals surface area contributed by atoms with Crippen molar-refractivity contribution in [3.63, 3.8) is 0 Å². The van der Waals surface area contributed by atoms with Crippen molar-refractivity contribution in [3.05, 3.63) is 28.3 Å². The molecule has 1 fully saturated rings. The Balaban J connectivity index is 1.98. The van der Waals surface area contributed by atoms with Crippen molar-refractivity contribution in [3.8, 4) is 5.75 Å². The summed E-state index contributed by atoms with van der Waals surface area (Å²) in [5.74, 6) is 0.231. The van der Waals surface area contributed by atoms with Crippen LogP contribution in [-0.4, -0.2) is 11.0 Å². The number of amides is 1. The van der Waals surface area contributed by atoms with Crippen LogP contribution < -0.4 is 10.7 Å². The molecule has 1 aliphatic carbocycles. The van der Waals surface area contributed by atoms with Gasteiger partial charge in [-0.1, -0.05) is 13.8 Å². The first kappa shape index (κ1) is 12.7. The van der Waals surface area contributed by atoms with Crippen LogP contribution in [0.25, 0.3) is 0 Å². The monoisotopic (exact) mass is 251 g/mol. The average Bonchev–Trinajstić information content (AvgIpc) is 3.11. The number of nitrogens with one attached hydrogen (secondary N) is 1. The van der Waals surface area contributed by atoms with Gasteiger partial charge in [-0.25, -0.2) is 0 Å². The zero-order chi connectivity index (χ0) is 13.3. The van der Waals surface area contributed by atoms with Gasteiger partial charge in [0.1, 0.15) is 12.0 Å². The Labute approximate surface area is 105 Å². The number of carbonyl (C=O) groups excluding carboxylic acids is 1. The van der Waals surface area contributed by atoms with E-state index in [-0.39, 0.29) is 17.9 Å². The lowest BCUT2D eigenvalue weighted by molar-refractivity contribution is -0.128. The third kappa shape index (κ3) is 2.25.